The van der Waals surface area contributed by atoms with Crippen molar-refractivity contribution in [2.75, 3.05) is 17.2 Å². The van der Waals surface area contributed by atoms with Crippen LogP contribution in [0.4, 0.5) is 17.3 Å². The lowest BCUT2D eigenvalue weighted by molar-refractivity contribution is 0.884. The number of rotatable bonds is 3. The van der Waals surface area contributed by atoms with Gasteiger partial charge >= 0.3 is 0 Å². The summed E-state index contributed by atoms with van der Waals surface area (Å²) in [6, 6.07) is 31.1. The van der Waals surface area contributed by atoms with E-state index >= 15 is 0 Å². The second kappa shape index (κ2) is 13.1. The average molecular weight is 413 g/mol. The van der Waals surface area contributed by atoms with Crippen LogP contribution in [0, 0.1) is 0 Å². The van der Waals surface area contributed by atoms with Gasteiger partial charge in [0.15, 0.2) is 11.6 Å². The van der Waals surface area contributed by atoms with Gasteiger partial charge in [-0.25, -0.2) is 0 Å². The monoisotopic (exact) mass is 412 g/mol. The van der Waals surface area contributed by atoms with E-state index in [0.29, 0.717) is 0 Å². The van der Waals surface area contributed by atoms with Crippen molar-refractivity contribution in [3.8, 4) is 0 Å². The van der Waals surface area contributed by atoms with Crippen molar-refractivity contribution in [2.24, 2.45) is 0 Å². The predicted octanol–water partition coefficient (Wildman–Crippen LogP) is 4.72. The largest absolute Gasteiger partial charge is 0.393 e. The van der Waals surface area contributed by atoms with Crippen LogP contribution in [0.25, 0.3) is 12.2 Å². The van der Waals surface area contributed by atoms with Crippen LogP contribution in [0.5, 0.6) is 0 Å². The molecule has 0 saturated carbocycles. The van der Waals surface area contributed by atoms with Gasteiger partial charge in [-0.1, -0.05) is 110 Å². The smallest absolute Gasteiger partial charge is 0.174 e. The lowest BCUT2D eigenvalue weighted by Gasteiger charge is -1.96. The Morgan fingerprint density at radius 2 is 1.00 bits per heavy atom. The number of aromatic nitrogens is 3. The molecule has 1 heterocycles. The summed E-state index contributed by atoms with van der Waals surface area (Å²) in [6.45, 7) is 2.16. The highest BCUT2D eigenvalue weighted by atomic mass is 15.3. The summed E-state index contributed by atoms with van der Waals surface area (Å²) in [4.78, 5) is 0. The third-order valence-corrected chi connectivity index (χ3v) is 4.18. The molecule has 4 aromatic rings. The van der Waals surface area contributed by atoms with Gasteiger partial charge in [0, 0.05) is 0 Å². The second-order valence-electron chi connectivity index (χ2n) is 6.47. The van der Waals surface area contributed by atoms with Gasteiger partial charge in [-0.2, -0.15) is 0 Å². The van der Waals surface area contributed by atoms with Crippen molar-refractivity contribution >= 4 is 29.5 Å². The Bertz CT molecular complexity index is 974. The van der Waals surface area contributed by atoms with Gasteiger partial charge in [0.25, 0.3) is 0 Å². The predicted molar refractivity (Wildman–Crippen MR) is 131 cm³/mol. The average Bonchev–Trinajstić information content (AvgIpc) is 2.84. The van der Waals surface area contributed by atoms with E-state index in [1.54, 1.807) is 0 Å². The molecule has 4 rings (SSSR count). The molecule has 1 aromatic heterocycles. The maximum atomic E-state index is 5.27. The second-order valence-corrected chi connectivity index (χ2v) is 6.47. The van der Waals surface area contributed by atoms with Crippen molar-refractivity contribution in [1.29, 1.82) is 0 Å². The van der Waals surface area contributed by atoms with Crippen LogP contribution in [0.3, 0.4) is 0 Å². The summed E-state index contributed by atoms with van der Waals surface area (Å²) >= 11 is 0. The topological polar surface area (TPSA) is 117 Å². The van der Waals surface area contributed by atoms with Crippen LogP contribution in [-0.4, -0.2) is 15.4 Å². The molecule has 6 N–H and O–H groups in total. The van der Waals surface area contributed by atoms with Crippen LogP contribution in [0.15, 0.2) is 91.0 Å². The van der Waals surface area contributed by atoms with Crippen LogP contribution in [-0.2, 0) is 6.42 Å². The zero-order valence-corrected chi connectivity index (χ0v) is 17.6. The first-order chi connectivity index (χ1) is 15.1. The minimum absolute atomic E-state index is 0.113. The fourth-order valence-electron chi connectivity index (χ4n) is 2.39. The lowest BCUT2D eigenvalue weighted by atomic mass is 10.1. The minimum atomic E-state index is 0.113. The number of hydrogen-bond donors (Lipinski definition) is 3. The zero-order chi connectivity index (χ0) is 22.3. The van der Waals surface area contributed by atoms with Crippen LogP contribution < -0.4 is 17.2 Å². The molecule has 0 spiro atoms. The van der Waals surface area contributed by atoms with Crippen LogP contribution >= 0.6 is 0 Å². The van der Waals surface area contributed by atoms with Gasteiger partial charge in [-0.15, -0.1) is 10.2 Å². The molecule has 3 aromatic carbocycles. The summed E-state index contributed by atoms with van der Waals surface area (Å²) in [5, 5.41) is 9.92. The number of hydrogen-bond acceptors (Lipinski definition) is 6. The standard InChI is InChI=1S/C14H12.C8H10.C3H6N6/c1-3-7-13(8-4-1)11-12-14-9-5-2-6-10-14;1-2-8-6-4-3-5-7-8;4-1-2(5)7-9-8-3(1)6/h1-12H;3-7H,2H2,1H3;(H2,4,9)(H4,5,6,7,8). The fourth-order valence-corrected chi connectivity index (χ4v) is 2.39. The third-order valence-electron chi connectivity index (χ3n) is 4.18. The molecule has 0 aliphatic rings. The van der Waals surface area contributed by atoms with E-state index in [-0.39, 0.29) is 17.3 Å². The summed E-state index contributed by atoms with van der Waals surface area (Å²) in [6.07, 6.45) is 5.38. The number of nitrogens with two attached hydrogens (primary N) is 3. The van der Waals surface area contributed by atoms with Crippen LogP contribution in [0.2, 0.25) is 0 Å². The Labute approximate surface area is 183 Å². The van der Waals surface area contributed by atoms with Gasteiger partial charge in [0.2, 0.25) is 0 Å². The normalized spacial score (nSPS) is 9.84. The Morgan fingerprint density at radius 3 is 1.32 bits per heavy atom. The van der Waals surface area contributed by atoms with Gasteiger partial charge in [0.05, 0.1) is 0 Å². The zero-order valence-electron chi connectivity index (χ0n) is 17.6. The van der Waals surface area contributed by atoms with Crippen molar-refractivity contribution in [3.63, 3.8) is 0 Å². The summed E-state index contributed by atoms with van der Waals surface area (Å²) in [7, 11) is 0. The van der Waals surface area contributed by atoms with E-state index in [0.717, 1.165) is 6.42 Å². The molecule has 0 atom stereocenters. The molecular weight excluding hydrogens is 384 g/mol. The van der Waals surface area contributed by atoms with E-state index in [1.807, 2.05) is 42.5 Å². The first-order valence-corrected chi connectivity index (χ1v) is 9.92. The molecule has 0 unspecified atom stereocenters. The molecule has 0 bridgehead atoms. The minimum Gasteiger partial charge on any atom is -0.393 e. The van der Waals surface area contributed by atoms with E-state index < -0.39 is 0 Å². The van der Waals surface area contributed by atoms with Gasteiger partial charge in [-0.3, -0.25) is 0 Å². The molecular formula is C25H28N6. The Kier molecular flexibility index (Phi) is 9.77. The number of nitrogens with zero attached hydrogens (tertiary/aromatic N) is 3. The molecule has 0 radical (unpaired) electrons. The third kappa shape index (κ3) is 8.79. The highest BCUT2D eigenvalue weighted by molar-refractivity contribution is 5.69. The van der Waals surface area contributed by atoms with E-state index in [2.05, 4.69) is 83.0 Å². The van der Waals surface area contributed by atoms with Crippen molar-refractivity contribution in [1.82, 2.24) is 15.4 Å². The Hall–Kier alpha value is -4.19. The van der Waals surface area contributed by atoms with E-state index in [4.69, 9.17) is 17.2 Å². The van der Waals surface area contributed by atoms with Gasteiger partial charge < -0.3 is 17.2 Å². The number of aryl methyl sites for hydroxylation is 1. The first-order valence-electron chi connectivity index (χ1n) is 9.92. The first kappa shape index (κ1) is 23.1. The summed E-state index contributed by atoms with van der Waals surface area (Å²) in [5.74, 6) is 0.227. The Balaban J connectivity index is 0.000000175. The molecule has 31 heavy (non-hydrogen) atoms. The van der Waals surface area contributed by atoms with Gasteiger partial charge in [-0.05, 0) is 28.3 Å². The molecule has 0 aliphatic carbocycles. The maximum Gasteiger partial charge on any atom is 0.174 e. The molecule has 6 nitrogen and oxygen atoms in total. The highest BCUT2D eigenvalue weighted by Crippen LogP contribution is 2.13. The molecule has 0 saturated heterocycles. The fraction of sp³-hybridized carbons (Fsp3) is 0.0800. The Morgan fingerprint density at radius 1 is 0.613 bits per heavy atom. The summed E-state index contributed by atoms with van der Waals surface area (Å²) < 4.78 is 0. The van der Waals surface area contributed by atoms with Gasteiger partial charge in [0.1, 0.15) is 5.69 Å². The van der Waals surface area contributed by atoms with Crippen molar-refractivity contribution in [2.45, 2.75) is 13.3 Å². The van der Waals surface area contributed by atoms with Crippen molar-refractivity contribution in [3.05, 3.63) is 108 Å². The summed E-state index contributed by atoms with van der Waals surface area (Å²) in [5.41, 5.74) is 19.7. The molecule has 0 amide bonds. The number of benzene rings is 3. The van der Waals surface area contributed by atoms with E-state index in [1.165, 1.54) is 16.7 Å². The van der Waals surface area contributed by atoms with Crippen LogP contribution in [0.1, 0.15) is 23.6 Å². The molecule has 0 fully saturated rings. The SMILES string of the molecule is C(=Cc1ccccc1)c1ccccc1.CCc1ccccc1.Nc1nnnc(N)c1N. The maximum absolute atomic E-state index is 5.27. The van der Waals surface area contributed by atoms with E-state index in [9.17, 15) is 0 Å². The molecule has 158 valence electrons. The highest BCUT2D eigenvalue weighted by Gasteiger charge is 1.99. The number of anilines is 3. The molecule has 0 aliphatic heterocycles. The number of nitrogen functional groups attached to an aromatic ring is 3. The lowest BCUT2D eigenvalue weighted by Crippen LogP contribution is -2.06. The molecule has 6 heteroatoms. The van der Waals surface area contributed by atoms with Crippen molar-refractivity contribution < 1.29 is 0 Å². The quantitative estimate of drug-likeness (QED) is 0.419.